The van der Waals surface area contributed by atoms with Crippen molar-refractivity contribution >= 4 is 12.2 Å². The molecule has 0 aliphatic carbocycles. The zero-order chi connectivity index (χ0) is 14.3. The number of likely N-dealkylation sites (N-methyl/N-ethyl adjacent to an activating group) is 1. The molecule has 2 amide bonds. The highest BCUT2D eigenvalue weighted by Crippen LogP contribution is 2.06. The summed E-state index contributed by atoms with van der Waals surface area (Å²) in [5.74, 6) is 0. The van der Waals surface area contributed by atoms with E-state index in [2.05, 4.69) is 10.1 Å². The number of hydrogen-bond acceptors (Lipinski definition) is 5. The summed E-state index contributed by atoms with van der Waals surface area (Å²) in [6, 6.07) is -0.565. The molecule has 0 rings (SSSR count). The van der Waals surface area contributed by atoms with E-state index >= 15 is 0 Å². The van der Waals surface area contributed by atoms with Crippen molar-refractivity contribution in [2.45, 2.75) is 32.4 Å². The molecular formula is C11H22N2O5. The number of nitrogens with zero attached hydrogens (tertiary/aromatic N) is 1. The van der Waals surface area contributed by atoms with Gasteiger partial charge in [0.2, 0.25) is 0 Å². The van der Waals surface area contributed by atoms with Crippen LogP contribution in [0.15, 0.2) is 0 Å². The number of ether oxygens (including phenoxy) is 2. The van der Waals surface area contributed by atoms with E-state index in [1.807, 2.05) is 0 Å². The summed E-state index contributed by atoms with van der Waals surface area (Å²) >= 11 is 0. The Morgan fingerprint density at radius 1 is 1.39 bits per heavy atom. The Bertz CT molecular complexity index is 288. The van der Waals surface area contributed by atoms with Crippen LogP contribution >= 0.6 is 0 Å². The van der Waals surface area contributed by atoms with Crippen LogP contribution in [-0.2, 0) is 9.47 Å². The molecule has 0 aromatic carbocycles. The highest BCUT2D eigenvalue weighted by Gasteiger charge is 2.22. The monoisotopic (exact) mass is 262 g/mol. The normalized spacial score (nSPS) is 12.6. The average molecular weight is 262 g/mol. The van der Waals surface area contributed by atoms with Gasteiger partial charge in [0.1, 0.15) is 5.60 Å². The first kappa shape index (κ1) is 16.5. The maximum atomic E-state index is 11.4. The first-order chi connectivity index (χ1) is 8.21. The molecule has 0 bridgehead atoms. The molecule has 0 radical (unpaired) electrons. The number of carbonyl (C=O) groups excluding carboxylic acids is 2. The van der Waals surface area contributed by atoms with Gasteiger partial charge in [0.15, 0.2) is 0 Å². The number of methoxy groups -OCH3 is 1. The second-order valence-electron chi connectivity index (χ2n) is 4.80. The van der Waals surface area contributed by atoms with Gasteiger partial charge in [0.25, 0.3) is 0 Å². The molecule has 0 aliphatic heterocycles. The molecule has 18 heavy (non-hydrogen) atoms. The van der Waals surface area contributed by atoms with Crippen molar-refractivity contribution < 1.29 is 24.2 Å². The van der Waals surface area contributed by atoms with E-state index in [0.29, 0.717) is 0 Å². The Hall–Kier alpha value is -1.50. The summed E-state index contributed by atoms with van der Waals surface area (Å²) in [6.07, 6.45) is -1.18. The molecule has 7 nitrogen and oxygen atoms in total. The highest BCUT2D eigenvalue weighted by molar-refractivity contribution is 5.69. The molecular weight excluding hydrogens is 240 g/mol. The second kappa shape index (κ2) is 7.05. The minimum atomic E-state index is -0.598. The van der Waals surface area contributed by atoms with Gasteiger partial charge in [-0.05, 0) is 20.8 Å². The minimum absolute atomic E-state index is 0.0804. The van der Waals surface area contributed by atoms with Crippen LogP contribution in [0.3, 0.4) is 0 Å². The summed E-state index contributed by atoms with van der Waals surface area (Å²) in [5.41, 5.74) is -0.590. The maximum absolute atomic E-state index is 11.4. The van der Waals surface area contributed by atoms with Crippen LogP contribution in [-0.4, -0.2) is 61.1 Å². The predicted molar refractivity (Wildman–Crippen MR) is 65.3 cm³/mol. The van der Waals surface area contributed by atoms with Gasteiger partial charge < -0.3 is 24.8 Å². The number of aliphatic hydroxyl groups excluding tert-OH is 1. The molecule has 0 fully saturated rings. The van der Waals surface area contributed by atoms with Crippen LogP contribution in [0.5, 0.6) is 0 Å². The van der Waals surface area contributed by atoms with Gasteiger partial charge in [0.05, 0.1) is 19.8 Å². The maximum Gasteiger partial charge on any atom is 0.409 e. The highest BCUT2D eigenvalue weighted by atomic mass is 16.6. The van der Waals surface area contributed by atoms with Crippen molar-refractivity contribution in [2.75, 3.05) is 27.3 Å². The van der Waals surface area contributed by atoms with Gasteiger partial charge >= 0.3 is 12.2 Å². The van der Waals surface area contributed by atoms with Crippen molar-refractivity contribution in [3.05, 3.63) is 0 Å². The van der Waals surface area contributed by atoms with Gasteiger partial charge in [-0.25, -0.2) is 9.59 Å². The third kappa shape index (κ3) is 6.29. The first-order valence-corrected chi connectivity index (χ1v) is 5.59. The fourth-order valence-electron chi connectivity index (χ4n) is 1.13. The largest absolute Gasteiger partial charge is 0.453 e. The van der Waals surface area contributed by atoms with E-state index in [1.54, 1.807) is 20.8 Å². The molecule has 0 heterocycles. The standard InChI is InChI=1S/C11H22N2O5/c1-11(2,3)18-9(15)12-6-8(7-14)13(4)10(16)17-5/h8,14H,6-7H2,1-5H3,(H,12,15). The third-order valence-electron chi connectivity index (χ3n) is 2.10. The fourth-order valence-corrected chi connectivity index (χ4v) is 1.13. The van der Waals surface area contributed by atoms with E-state index in [-0.39, 0.29) is 13.2 Å². The van der Waals surface area contributed by atoms with Gasteiger partial charge in [-0.3, -0.25) is 0 Å². The van der Waals surface area contributed by atoms with Crippen molar-refractivity contribution in [1.29, 1.82) is 0 Å². The number of nitrogens with one attached hydrogen (secondary N) is 1. The van der Waals surface area contributed by atoms with Crippen molar-refractivity contribution in [3.8, 4) is 0 Å². The fraction of sp³-hybridized carbons (Fsp3) is 0.818. The van der Waals surface area contributed by atoms with Crippen LogP contribution in [0.25, 0.3) is 0 Å². The lowest BCUT2D eigenvalue weighted by molar-refractivity contribution is 0.0489. The number of aliphatic hydroxyl groups is 1. The predicted octanol–water partition coefficient (Wildman–Crippen LogP) is 0.570. The molecule has 0 saturated heterocycles. The summed E-state index contributed by atoms with van der Waals surface area (Å²) in [4.78, 5) is 23.8. The van der Waals surface area contributed by atoms with Crippen molar-refractivity contribution in [1.82, 2.24) is 10.2 Å². The summed E-state index contributed by atoms with van der Waals surface area (Å²) in [5, 5.41) is 11.6. The van der Waals surface area contributed by atoms with Crippen LogP contribution in [0.4, 0.5) is 9.59 Å². The minimum Gasteiger partial charge on any atom is -0.453 e. The van der Waals surface area contributed by atoms with Gasteiger partial charge in [-0.15, -0.1) is 0 Å². The molecule has 0 aromatic rings. The number of amides is 2. The first-order valence-electron chi connectivity index (χ1n) is 5.59. The summed E-state index contributed by atoms with van der Waals surface area (Å²) < 4.78 is 9.55. The number of alkyl carbamates (subject to hydrolysis) is 1. The van der Waals surface area contributed by atoms with Crippen LogP contribution in [0.2, 0.25) is 0 Å². The zero-order valence-corrected chi connectivity index (χ0v) is 11.5. The van der Waals surface area contributed by atoms with Gasteiger partial charge in [-0.1, -0.05) is 0 Å². The van der Waals surface area contributed by atoms with E-state index in [4.69, 9.17) is 9.84 Å². The number of rotatable bonds is 4. The van der Waals surface area contributed by atoms with Crippen LogP contribution in [0, 0.1) is 0 Å². The van der Waals surface area contributed by atoms with E-state index < -0.39 is 23.8 Å². The average Bonchev–Trinajstić information content (AvgIpc) is 2.26. The lowest BCUT2D eigenvalue weighted by atomic mass is 10.2. The van der Waals surface area contributed by atoms with E-state index in [9.17, 15) is 9.59 Å². The molecule has 106 valence electrons. The van der Waals surface area contributed by atoms with Crippen LogP contribution in [0.1, 0.15) is 20.8 Å². The Balaban J connectivity index is 4.23. The molecule has 7 heteroatoms. The Kier molecular flexibility index (Phi) is 6.46. The van der Waals surface area contributed by atoms with Crippen molar-refractivity contribution in [3.63, 3.8) is 0 Å². The molecule has 0 aromatic heterocycles. The molecule has 2 N–H and O–H groups in total. The molecule has 0 aliphatic rings. The van der Waals surface area contributed by atoms with E-state index in [1.165, 1.54) is 19.1 Å². The Morgan fingerprint density at radius 2 is 1.94 bits per heavy atom. The quantitative estimate of drug-likeness (QED) is 0.773. The van der Waals surface area contributed by atoms with E-state index in [0.717, 1.165) is 0 Å². The Morgan fingerprint density at radius 3 is 2.33 bits per heavy atom. The number of carbonyl (C=O) groups is 2. The molecule has 0 spiro atoms. The van der Waals surface area contributed by atoms with Crippen LogP contribution < -0.4 is 5.32 Å². The lowest BCUT2D eigenvalue weighted by Crippen LogP contribution is -2.47. The molecule has 1 atom stereocenters. The van der Waals surface area contributed by atoms with Crippen molar-refractivity contribution in [2.24, 2.45) is 0 Å². The SMILES string of the molecule is COC(=O)N(C)C(CO)CNC(=O)OC(C)(C)C. The smallest absolute Gasteiger partial charge is 0.409 e. The number of hydrogen-bond donors (Lipinski definition) is 2. The zero-order valence-electron chi connectivity index (χ0n) is 11.5. The molecule has 0 saturated carbocycles. The summed E-state index contributed by atoms with van der Waals surface area (Å²) in [6.45, 7) is 5.03. The second-order valence-corrected chi connectivity index (χ2v) is 4.80. The van der Waals surface area contributed by atoms with Gasteiger partial charge in [0, 0.05) is 13.6 Å². The lowest BCUT2D eigenvalue weighted by Gasteiger charge is -2.26. The van der Waals surface area contributed by atoms with Gasteiger partial charge in [-0.2, -0.15) is 0 Å². The Labute approximate surface area is 107 Å². The summed E-state index contributed by atoms with van der Waals surface area (Å²) in [7, 11) is 2.72. The third-order valence-corrected chi connectivity index (χ3v) is 2.10. The molecule has 1 unspecified atom stereocenters. The topological polar surface area (TPSA) is 88.1 Å².